The van der Waals surface area contributed by atoms with E-state index in [1.807, 2.05) is 26.0 Å². The molecule has 0 aliphatic carbocycles. The molecule has 1 heterocycles. The molecule has 0 bridgehead atoms. The van der Waals surface area contributed by atoms with Crippen molar-refractivity contribution < 1.29 is 9.90 Å². The summed E-state index contributed by atoms with van der Waals surface area (Å²) in [5.74, 6) is -0.836. The molecule has 1 aliphatic rings. The molecular weight excluding hydrogens is 202 g/mol. The highest BCUT2D eigenvalue weighted by Crippen LogP contribution is 2.28. The maximum atomic E-state index is 11.1. The maximum absolute atomic E-state index is 11.1. The number of aryl methyl sites for hydroxylation is 2. The monoisotopic (exact) mass is 219 g/mol. The predicted molar refractivity (Wildman–Crippen MR) is 62.9 cm³/mol. The van der Waals surface area contributed by atoms with Crippen molar-refractivity contribution >= 4 is 5.97 Å². The molecular formula is C13H17NO2. The standard InChI is InChI=1S/C13H17NO2/c1-8-6-9(2)11(13(15)16)7-10(8)12-4-3-5-14-12/h6-7,12,14H,3-5H2,1-2H3,(H,15,16)/t12-/m1/s1. The van der Waals surface area contributed by atoms with Gasteiger partial charge in [-0.05, 0) is 56.0 Å². The Morgan fingerprint density at radius 2 is 2.12 bits per heavy atom. The van der Waals surface area contributed by atoms with Gasteiger partial charge in [-0.2, -0.15) is 0 Å². The van der Waals surface area contributed by atoms with Gasteiger partial charge in [0.15, 0.2) is 0 Å². The second-order valence-electron chi connectivity index (χ2n) is 4.48. The van der Waals surface area contributed by atoms with E-state index in [2.05, 4.69) is 5.32 Å². The Morgan fingerprint density at radius 3 is 2.69 bits per heavy atom. The van der Waals surface area contributed by atoms with E-state index >= 15 is 0 Å². The van der Waals surface area contributed by atoms with Crippen LogP contribution in [0.25, 0.3) is 0 Å². The fraction of sp³-hybridized carbons (Fsp3) is 0.462. The van der Waals surface area contributed by atoms with Crippen molar-refractivity contribution in [2.75, 3.05) is 6.54 Å². The topological polar surface area (TPSA) is 49.3 Å². The molecule has 1 aromatic rings. The summed E-state index contributed by atoms with van der Waals surface area (Å²) in [6.07, 6.45) is 2.27. The zero-order valence-corrected chi connectivity index (χ0v) is 9.71. The van der Waals surface area contributed by atoms with Gasteiger partial charge < -0.3 is 10.4 Å². The molecule has 0 unspecified atom stereocenters. The van der Waals surface area contributed by atoms with Crippen LogP contribution in [0.4, 0.5) is 0 Å². The minimum atomic E-state index is -0.836. The predicted octanol–water partition coefficient (Wildman–Crippen LogP) is 2.43. The molecule has 0 aromatic heterocycles. The highest BCUT2D eigenvalue weighted by Gasteiger charge is 2.20. The largest absolute Gasteiger partial charge is 0.478 e. The molecule has 3 heteroatoms. The number of hydrogen-bond donors (Lipinski definition) is 2. The number of nitrogens with one attached hydrogen (secondary N) is 1. The average Bonchev–Trinajstić information content (AvgIpc) is 2.70. The van der Waals surface area contributed by atoms with E-state index in [1.165, 1.54) is 12.0 Å². The number of benzene rings is 1. The molecule has 86 valence electrons. The van der Waals surface area contributed by atoms with Crippen molar-refractivity contribution in [3.05, 3.63) is 34.4 Å². The molecule has 1 fully saturated rings. The van der Waals surface area contributed by atoms with Crippen molar-refractivity contribution in [2.24, 2.45) is 0 Å². The lowest BCUT2D eigenvalue weighted by Crippen LogP contribution is -2.15. The smallest absolute Gasteiger partial charge is 0.335 e. The number of rotatable bonds is 2. The lowest BCUT2D eigenvalue weighted by atomic mass is 9.94. The van der Waals surface area contributed by atoms with Crippen LogP contribution in [0.3, 0.4) is 0 Å². The minimum absolute atomic E-state index is 0.332. The number of aromatic carboxylic acids is 1. The Hall–Kier alpha value is -1.35. The Labute approximate surface area is 95.5 Å². The molecule has 1 saturated heterocycles. The summed E-state index contributed by atoms with van der Waals surface area (Å²) in [7, 11) is 0. The van der Waals surface area contributed by atoms with Crippen LogP contribution in [0.1, 0.15) is 45.9 Å². The molecule has 2 N–H and O–H groups in total. The van der Waals surface area contributed by atoms with E-state index in [1.54, 1.807) is 0 Å². The van der Waals surface area contributed by atoms with Crippen LogP contribution in [0.5, 0.6) is 0 Å². The first kappa shape index (κ1) is 11.1. The molecule has 0 spiro atoms. The number of carboxylic acid groups (broad SMARTS) is 1. The zero-order valence-electron chi connectivity index (χ0n) is 9.71. The fourth-order valence-electron chi connectivity index (χ4n) is 2.42. The van der Waals surface area contributed by atoms with Gasteiger partial charge in [0.1, 0.15) is 0 Å². The summed E-state index contributed by atoms with van der Waals surface area (Å²) in [5.41, 5.74) is 3.59. The molecule has 1 atom stereocenters. The number of carbonyl (C=O) groups is 1. The molecule has 0 amide bonds. The van der Waals surface area contributed by atoms with Crippen molar-refractivity contribution in [2.45, 2.75) is 32.7 Å². The summed E-state index contributed by atoms with van der Waals surface area (Å²) in [6, 6.07) is 4.13. The first-order valence-electron chi connectivity index (χ1n) is 5.67. The van der Waals surface area contributed by atoms with Crippen molar-refractivity contribution in [3.63, 3.8) is 0 Å². The average molecular weight is 219 g/mol. The third-order valence-electron chi connectivity index (χ3n) is 3.28. The Morgan fingerprint density at radius 1 is 1.38 bits per heavy atom. The third kappa shape index (κ3) is 1.95. The Kier molecular flexibility index (Phi) is 2.97. The van der Waals surface area contributed by atoms with E-state index in [0.29, 0.717) is 11.6 Å². The minimum Gasteiger partial charge on any atom is -0.478 e. The van der Waals surface area contributed by atoms with Crippen LogP contribution < -0.4 is 5.32 Å². The quantitative estimate of drug-likeness (QED) is 0.803. The molecule has 2 rings (SSSR count). The van der Waals surface area contributed by atoms with Gasteiger partial charge in [-0.15, -0.1) is 0 Å². The van der Waals surface area contributed by atoms with Crippen LogP contribution in [-0.4, -0.2) is 17.6 Å². The lowest BCUT2D eigenvalue weighted by Gasteiger charge is -2.16. The molecule has 16 heavy (non-hydrogen) atoms. The highest BCUT2D eigenvalue weighted by molar-refractivity contribution is 5.89. The van der Waals surface area contributed by atoms with E-state index in [-0.39, 0.29) is 0 Å². The van der Waals surface area contributed by atoms with E-state index in [4.69, 9.17) is 5.11 Å². The van der Waals surface area contributed by atoms with Crippen LogP contribution in [0.2, 0.25) is 0 Å². The summed E-state index contributed by atoms with van der Waals surface area (Å²) >= 11 is 0. The fourth-order valence-corrected chi connectivity index (χ4v) is 2.42. The summed E-state index contributed by atoms with van der Waals surface area (Å²) in [5, 5.41) is 12.5. The van der Waals surface area contributed by atoms with Gasteiger partial charge in [0.2, 0.25) is 0 Å². The van der Waals surface area contributed by atoms with Crippen LogP contribution in [-0.2, 0) is 0 Å². The van der Waals surface area contributed by atoms with E-state index < -0.39 is 5.97 Å². The van der Waals surface area contributed by atoms with Gasteiger partial charge in [-0.3, -0.25) is 0 Å². The molecule has 3 nitrogen and oxygen atoms in total. The van der Waals surface area contributed by atoms with Crippen LogP contribution in [0, 0.1) is 13.8 Å². The van der Waals surface area contributed by atoms with Gasteiger partial charge in [0.25, 0.3) is 0 Å². The summed E-state index contributed by atoms with van der Waals surface area (Å²) < 4.78 is 0. The van der Waals surface area contributed by atoms with Crippen LogP contribution in [0.15, 0.2) is 12.1 Å². The van der Waals surface area contributed by atoms with Crippen molar-refractivity contribution in [1.82, 2.24) is 5.32 Å². The zero-order chi connectivity index (χ0) is 11.7. The van der Waals surface area contributed by atoms with Crippen LogP contribution >= 0.6 is 0 Å². The molecule has 1 aliphatic heterocycles. The normalized spacial score (nSPS) is 20.0. The molecule has 0 radical (unpaired) electrons. The first-order valence-corrected chi connectivity index (χ1v) is 5.67. The third-order valence-corrected chi connectivity index (χ3v) is 3.28. The Bertz CT molecular complexity index is 420. The lowest BCUT2D eigenvalue weighted by molar-refractivity contribution is 0.0696. The van der Waals surface area contributed by atoms with Gasteiger partial charge >= 0.3 is 5.97 Å². The molecule has 1 aromatic carbocycles. The van der Waals surface area contributed by atoms with Gasteiger partial charge in [0.05, 0.1) is 5.56 Å². The second-order valence-corrected chi connectivity index (χ2v) is 4.48. The Balaban J connectivity index is 2.44. The second kappa shape index (κ2) is 4.26. The summed E-state index contributed by atoms with van der Waals surface area (Å²) in [4.78, 5) is 11.1. The van der Waals surface area contributed by atoms with E-state index in [9.17, 15) is 4.79 Å². The van der Waals surface area contributed by atoms with Crippen molar-refractivity contribution in [3.8, 4) is 0 Å². The van der Waals surface area contributed by atoms with E-state index in [0.717, 1.165) is 24.1 Å². The number of hydrogen-bond acceptors (Lipinski definition) is 2. The van der Waals surface area contributed by atoms with Gasteiger partial charge in [-0.1, -0.05) is 6.07 Å². The number of carboxylic acids is 1. The summed E-state index contributed by atoms with van der Waals surface area (Å²) in [6.45, 7) is 4.93. The highest BCUT2D eigenvalue weighted by atomic mass is 16.4. The van der Waals surface area contributed by atoms with Gasteiger partial charge in [0, 0.05) is 6.04 Å². The maximum Gasteiger partial charge on any atom is 0.335 e. The SMILES string of the molecule is Cc1cc(C)c([C@H]2CCCN2)cc1C(=O)O. The molecule has 0 saturated carbocycles. The van der Waals surface area contributed by atoms with Crippen molar-refractivity contribution in [1.29, 1.82) is 0 Å². The first-order chi connectivity index (χ1) is 7.59. The van der Waals surface area contributed by atoms with Gasteiger partial charge in [-0.25, -0.2) is 4.79 Å².